The second-order valence-corrected chi connectivity index (χ2v) is 8.09. The van der Waals surface area contributed by atoms with Gasteiger partial charge in [0.2, 0.25) is 0 Å². The average Bonchev–Trinajstić information content (AvgIpc) is 3.31. The Morgan fingerprint density at radius 1 is 1.11 bits per heavy atom. The van der Waals surface area contributed by atoms with Gasteiger partial charge in [-0.15, -0.1) is 34.2 Å². The van der Waals surface area contributed by atoms with E-state index in [1.807, 2.05) is 7.05 Å². The fourth-order valence-electron chi connectivity index (χ4n) is 4.78. The molecule has 1 N–H and O–H groups in total. The lowest BCUT2D eigenvalue weighted by Crippen LogP contribution is -2.46. The molecule has 0 aromatic carbocycles. The molecule has 2 atom stereocenters. The van der Waals surface area contributed by atoms with Gasteiger partial charge >= 0.3 is 0 Å². The molecule has 7 nitrogen and oxygen atoms in total. The van der Waals surface area contributed by atoms with Crippen molar-refractivity contribution < 1.29 is 0 Å². The number of hydrogen-bond acceptors (Lipinski definition) is 4. The van der Waals surface area contributed by atoms with Crippen LogP contribution >= 0.6 is 24.0 Å². The van der Waals surface area contributed by atoms with Crippen LogP contribution in [0.5, 0.6) is 0 Å². The fraction of sp³-hybridized carbons (Fsp3) is 0.842. The van der Waals surface area contributed by atoms with Gasteiger partial charge in [-0.1, -0.05) is 6.42 Å². The van der Waals surface area contributed by atoms with Gasteiger partial charge < -0.3 is 14.8 Å². The van der Waals surface area contributed by atoms with Gasteiger partial charge in [-0.3, -0.25) is 9.89 Å². The van der Waals surface area contributed by atoms with Crippen molar-refractivity contribution in [1.82, 2.24) is 29.9 Å². The lowest BCUT2D eigenvalue weighted by Gasteiger charge is -2.32. The van der Waals surface area contributed by atoms with Crippen LogP contribution in [0.4, 0.5) is 0 Å². The van der Waals surface area contributed by atoms with Gasteiger partial charge in [0, 0.05) is 45.7 Å². The number of aryl methyl sites for hydroxylation is 2. The maximum atomic E-state index is 4.57. The summed E-state index contributed by atoms with van der Waals surface area (Å²) in [6.45, 7) is 8.87. The molecule has 2 fully saturated rings. The highest BCUT2D eigenvalue weighted by atomic mass is 127. The fourth-order valence-corrected chi connectivity index (χ4v) is 4.78. The van der Waals surface area contributed by atoms with Gasteiger partial charge in [-0.05, 0) is 51.6 Å². The van der Waals surface area contributed by atoms with Crippen molar-refractivity contribution in [2.24, 2.45) is 10.9 Å². The number of halogens is 1. The molecular formula is C19H34IN7. The van der Waals surface area contributed by atoms with E-state index < -0.39 is 0 Å². The first kappa shape index (κ1) is 20.8. The monoisotopic (exact) mass is 487 g/mol. The third kappa shape index (κ3) is 4.75. The number of guanidine groups is 1. The highest BCUT2D eigenvalue weighted by Gasteiger charge is 2.30. The highest BCUT2D eigenvalue weighted by molar-refractivity contribution is 14.0. The minimum absolute atomic E-state index is 0. The van der Waals surface area contributed by atoms with Crippen molar-refractivity contribution in [1.29, 1.82) is 0 Å². The maximum absolute atomic E-state index is 4.57. The van der Waals surface area contributed by atoms with E-state index in [9.17, 15) is 0 Å². The molecule has 27 heavy (non-hydrogen) atoms. The first-order valence-corrected chi connectivity index (χ1v) is 10.3. The van der Waals surface area contributed by atoms with Gasteiger partial charge in [-0.25, -0.2) is 0 Å². The number of hydrogen-bond donors (Lipinski definition) is 1. The molecule has 152 valence electrons. The number of rotatable bonds is 3. The summed E-state index contributed by atoms with van der Waals surface area (Å²) >= 11 is 0. The van der Waals surface area contributed by atoms with Crippen LogP contribution in [0.2, 0.25) is 0 Å². The zero-order valence-corrected chi connectivity index (χ0v) is 19.1. The summed E-state index contributed by atoms with van der Waals surface area (Å²) < 4.78 is 2.28. The van der Waals surface area contributed by atoms with Crippen molar-refractivity contribution in [3.8, 4) is 0 Å². The Bertz CT molecular complexity index is 638. The van der Waals surface area contributed by atoms with Crippen LogP contribution < -0.4 is 5.32 Å². The third-order valence-electron chi connectivity index (χ3n) is 6.36. The van der Waals surface area contributed by atoms with Crippen LogP contribution in [0.15, 0.2) is 4.99 Å². The molecule has 1 aromatic heterocycles. The molecule has 0 radical (unpaired) electrons. The Kier molecular flexibility index (Phi) is 7.35. The Hall–Kier alpha value is -0.900. The van der Waals surface area contributed by atoms with E-state index in [-0.39, 0.29) is 24.0 Å². The van der Waals surface area contributed by atoms with E-state index in [4.69, 9.17) is 0 Å². The van der Waals surface area contributed by atoms with E-state index in [0.717, 1.165) is 50.2 Å². The van der Waals surface area contributed by atoms with Gasteiger partial charge in [0.15, 0.2) is 5.96 Å². The minimum atomic E-state index is 0. The molecule has 3 aliphatic heterocycles. The number of piperidine rings is 1. The third-order valence-corrected chi connectivity index (χ3v) is 6.36. The topological polar surface area (TPSA) is 61.6 Å². The SMILES string of the molecule is CN=C(NCC1CCc2nnc(C)n2C1)N1CCC(N2CCCCC2)C1.I. The van der Waals surface area contributed by atoms with E-state index >= 15 is 0 Å². The van der Waals surface area contributed by atoms with E-state index in [1.165, 1.54) is 45.2 Å². The van der Waals surface area contributed by atoms with Crippen LogP contribution in [-0.2, 0) is 13.0 Å². The first-order valence-electron chi connectivity index (χ1n) is 10.3. The van der Waals surface area contributed by atoms with Crippen LogP contribution in [0.3, 0.4) is 0 Å². The number of nitrogens with zero attached hydrogens (tertiary/aromatic N) is 6. The predicted octanol–water partition coefficient (Wildman–Crippen LogP) is 1.90. The Labute approximate surface area is 180 Å². The smallest absolute Gasteiger partial charge is 0.193 e. The van der Waals surface area contributed by atoms with Crippen LogP contribution in [-0.4, -0.2) is 76.3 Å². The molecule has 3 aliphatic rings. The molecule has 0 saturated carbocycles. The standard InChI is InChI=1S/C19H33N7.HI/c1-15-22-23-18-7-6-16(13-26(15)18)12-21-19(20-2)25-11-8-17(14-25)24-9-4-3-5-10-24;/h16-17H,3-14H2,1-2H3,(H,20,21);1H. The number of fused-ring (bicyclic) bond motifs is 1. The Balaban J connectivity index is 0.00000210. The zero-order valence-electron chi connectivity index (χ0n) is 16.7. The van der Waals surface area contributed by atoms with Crippen molar-refractivity contribution in [2.75, 3.05) is 39.8 Å². The van der Waals surface area contributed by atoms with Gasteiger partial charge in [0.05, 0.1) is 0 Å². The second-order valence-electron chi connectivity index (χ2n) is 8.09. The van der Waals surface area contributed by atoms with E-state index in [0.29, 0.717) is 12.0 Å². The summed E-state index contributed by atoms with van der Waals surface area (Å²) in [7, 11) is 1.92. The van der Waals surface area contributed by atoms with Crippen molar-refractivity contribution >= 4 is 29.9 Å². The molecule has 8 heteroatoms. The number of aliphatic imine (C=N–C) groups is 1. The Morgan fingerprint density at radius 2 is 1.93 bits per heavy atom. The first-order chi connectivity index (χ1) is 12.7. The Morgan fingerprint density at radius 3 is 2.70 bits per heavy atom. The summed E-state index contributed by atoms with van der Waals surface area (Å²) in [6, 6.07) is 0.714. The molecule has 0 spiro atoms. The summed E-state index contributed by atoms with van der Waals surface area (Å²) in [4.78, 5) is 9.73. The van der Waals surface area contributed by atoms with Crippen LogP contribution in [0.25, 0.3) is 0 Å². The molecule has 4 heterocycles. The lowest BCUT2D eigenvalue weighted by molar-refractivity contribution is 0.168. The quantitative estimate of drug-likeness (QED) is 0.401. The molecule has 4 rings (SSSR count). The number of nitrogens with one attached hydrogen (secondary N) is 1. The molecule has 2 unspecified atom stereocenters. The minimum Gasteiger partial charge on any atom is -0.356 e. The molecule has 0 aliphatic carbocycles. The highest BCUT2D eigenvalue weighted by Crippen LogP contribution is 2.21. The number of aromatic nitrogens is 3. The summed E-state index contributed by atoms with van der Waals surface area (Å²) in [5, 5.41) is 12.1. The van der Waals surface area contributed by atoms with Crippen molar-refractivity contribution in [3.05, 3.63) is 11.6 Å². The lowest BCUT2D eigenvalue weighted by atomic mass is 9.99. The zero-order chi connectivity index (χ0) is 17.9. The van der Waals surface area contributed by atoms with E-state index in [1.54, 1.807) is 0 Å². The molecule has 2 saturated heterocycles. The molecular weight excluding hydrogens is 453 g/mol. The largest absolute Gasteiger partial charge is 0.356 e. The maximum Gasteiger partial charge on any atom is 0.193 e. The van der Waals surface area contributed by atoms with Gasteiger partial charge in [0.1, 0.15) is 11.6 Å². The predicted molar refractivity (Wildman–Crippen MR) is 119 cm³/mol. The second kappa shape index (κ2) is 9.54. The van der Waals surface area contributed by atoms with Crippen molar-refractivity contribution in [2.45, 2.75) is 58.0 Å². The van der Waals surface area contributed by atoms with Crippen LogP contribution in [0, 0.1) is 12.8 Å². The summed E-state index contributed by atoms with van der Waals surface area (Å²) in [5.41, 5.74) is 0. The van der Waals surface area contributed by atoms with E-state index in [2.05, 4.69) is 41.8 Å². The van der Waals surface area contributed by atoms with Gasteiger partial charge in [0.25, 0.3) is 0 Å². The molecule has 0 bridgehead atoms. The molecule has 1 aromatic rings. The van der Waals surface area contributed by atoms with Crippen molar-refractivity contribution in [3.63, 3.8) is 0 Å². The number of likely N-dealkylation sites (tertiary alicyclic amines) is 2. The average molecular weight is 487 g/mol. The summed E-state index contributed by atoms with van der Waals surface area (Å²) in [5.74, 6) is 3.88. The normalized spacial score (nSPS) is 26.6. The summed E-state index contributed by atoms with van der Waals surface area (Å²) in [6.07, 6.45) is 7.63. The van der Waals surface area contributed by atoms with Gasteiger partial charge in [-0.2, -0.15) is 0 Å². The van der Waals surface area contributed by atoms with Crippen LogP contribution in [0.1, 0.15) is 43.8 Å². The molecule has 0 amide bonds.